The van der Waals surface area contributed by atoms with Crippen LogP contribution in [0.5, 0.6) is 0 Å². The second-order valence-corrected chi connectivity index (χ2v) is 4.73. The van der Waals surface area contributed by atoms with E-state index in [1.807, 2.05) is 0 Å². The van der Waals surface area contributed by atoms with Crippen LogP contribution in [0.1, 0.15) is 10.4 Å². The first-order valence-electron chi connectivity index (χ1n) is 6.70. The summed E-state index contributed by atoms with van der Waals surface area (Å²) >= 11 is 0. The number of aromatic nitrogens is 3. The summed E-state index contributed by atoms with van der Waals surface area (Å²) in [7, 11) is 1.61. The van der Waals surface area contributed by atoms with Gasteiger partial charge in [0.15, 0.2) is 0 Å². The molecule has 3 rings (SSSR count). The number of carbonyl (C=O) groups is 1. The number of H-pyrrole nitrogens is 1. The van der Waals surface area contributed by atoms with E-state index in [0.717, 1.165) is 0 Å². The molecule has 0 saturated heterocycles. The highest BCUT2D eigenvalue weighted by Gasteiger charge is 2.14. The van der Waals surface area contributed by atoms with Crippen LogP contribution in [0.15, 0.2) is 41.6 Å². The van der Waals surface area contributed by atoms with Crippen molar-refractivity contribution in [3.63, 3.8) is 0 Å². The summed E-state index contributed by atoms with van der Waals surface area (Å²) in [5.74, 6) is -0.849. The standard InChI is InChI=1S/C15H12FN5O2/c1-17-11-6-9(16)4-8-5-10(15(23)21-13(8)11)14(22)20-12-2-3-18-7-19-12/h2-7,17H,1H3,(H,21,23)(H,18,19,20,22). The second kappa shape index (κ2) is 5.84. The van der Waals surface area contributed by atoms with Gasteiger partial charge in [0.2, 0.25) is 0 Å². The van der Waals surface area contributed by atoms with Gasteiger partial charge in [0.05, 0.1) is 11.2 Å². The van der Waals surface area contributed by atoms with Gasteiger partial charge in [-0.3, -0.25) is 9.59 Å². The second-order valence-electron chi connectivity index (χ2n) is 4.73. The van der Waals surface area contributed by atoms with E-state index < -0.39 is 17.3 Å². The average Bonchev–Trinajstić information content (AvgIpc) is 2.54. The molecule has 1 amide bonds. The molecule has 3 aromatic rings. The van der Waals surface area contributed by atoms with Crippen LogP contribution in [-0.4, -0.2) is 27.9 Å². The lowest BCUT2D eigenvalue weighted by atomic mass is 10.1. The Hall–Kier alpha value is -3.29. The largest absolute Gasteiger partial charge is 0.386 e. The molecule has 0 atom stereocenters. The molecule has 0 unspecified atom stereocenters. The lowest BCUT2D eigenvalue weighted by Crippen LogP contribution is -2.23. The van der Waals surface area contributed by atoms with Gasteiger partial charge in [-0.15, -0.1) is 0 Å². The zero-order chi connectivity index (χ0) is 16.4. The zero-order valence-corrected chi connectivity index (χ0v) is 12.1. The fourth-order valence-electron chi connectivity index (χ4n) is 2.20. The number of aromatic amines is 1. The Balaban J connectivity index is 2.06. The van der Waals surface area contributed by atoms with Gasteiger partial charge in [-0.25, -0.2) is 14.4 Å². The van der Waals surface area contributed by atoms with Crippen molar-refractivity contribution in [3.05, 3.63) is 58.5 Å². The van der Waals surface area contributed by atoms with E-state index in [9.17, 15) is 14.0 Å². The van der Waals surface area contributed by atoms with E-state index in [4.69, 9.17) is 0 Å². The molecule has 7 nitrogen and oxygen atoms in total. The normalized spacial score (nSPS) is 10.5. The van der Waals surface area contributed by atoms with Crippen LogP contribution in [0.3, 0.4) is 0 Å². The number of anilines is 2. The topological polar surface area (TPSA) is 99.8 Å². The maximum atomic E-state index is 13.6. The first-order chi connectivity index (χ1) is 11.1. The summed E-state index contributed by atoms with van der Waals surface area (Å²) in [6.07, 6.45) is 2.73. The Morgan fingerprint density at radius 1 is 1.30 bits per heavy atom. The van der Waals surface area contributed by atoms with Gasteiger partial charge in [0, 0.05) is 18.6 Å². The van der Waals surface area contributed by atoms with E-state index in [2.05, 4.69) is 25.6 Å². The monoisotopic (exact) mass is 313 g/mol. The number of hydrogen-bond donors (Lipinski definition) is 3. The van der Waals surface area contributed by atoms with Crippen molar-refractivity contribution < 1.29 is 9.18 Å². The van der Waals surface area contributed by atoms with Crippen LogP contribution >= 0.6 is 0 Å². The Morgan fingerprint density at radius 2 is 2.13 bits per heavy atom. The van der Waals surface area contributed by atoms with Crippen molar-refractivity contribution in [3.8, 4) is 0 Å². The molecule has 1 aromatic carbocycles. The Morgan fingerprint density at radius 3 is 2.83 bits per heavy atom. The minimum absolute atomic E-state index is 0.135. The molecule has 0 spiro atoms. The molecule has 0 aliphatic rings. The van der Waals surface area contributed by atoms with E-state index in [1.165, 1.54) is 36.8 Å². The minimum atomic E-state index is -0.637. The van der Waals surface area contributed by atoms with Gasteiger partial charge in [0.1, 0.15) is 23.5 Å². The summed E-state index contributed by atoms with van der Waals surface area (Å²) in [5.41, 5.74) is 0.147. The lowest BCUT2D eigenvalue weighted by molar-refractivity contribution is 0.102. The maximum absolute atomic E-state index is 13.6. The molecule has 3 N–H and O–H groups in total. The van der Waals surface area contributed by atoms with Crippen molar-refractivity contribution in [1.82, 2.24) is 15.0 Å². The Kier molecular flexibility index (Phi) is 3.71. The number of hydrogen-bond acceptors (Lipinski definition) is 5. The highest BCUT2D eigenvalue weighted by Crippen LogP contribution is 2.22. The van der Waals surface area contributed by atoms with Crippen molar-refractivity contribution >= 4 is 28.3 Å². The molecule has 0 saturated carbocycles. The van der Waals surface area contributed by atoms with Crippen molar-refractivity contribution in [2.45, 2.75) is 0 Å². The number of pyridine rings is 1. The van der Waals surface area contributed by atoms with E-state index >= 15 is 0 Å². The first-order valence-corrected chi connectivity index (χ1v) is 6.70. The first kappa shape index (κ1) is 14.6. The van der Waals surface area contributed by atoms with E-state index in [-0.39, 0.29) is 11.4 Å². The fraction of sp³-hybridized carbons (Fsp3) is 0.0667. The summed E-state index contributed by atoms with van der Waals surface area (Å²) in [6.45, 7) is 0. The Labute approximate surface area is 129 Å². The van der Waals surface area contributed by atoms with Crippen LogP contribution < -0.4 is 16.2 Å². The summed E-state index contributed by atoms with van der Waals surface area (Å²) in [4.78, 5) is 34.5. The molecule has 0 bridgehead atoms. The lowest BCUT2D eigenvalue weighted by Gasteiger charge is -2.08. The minimum Gasteiger partial charge on any atom is -0.386 e. The number of fused-ring (bicyclic) bond motifs is 1. The smallest absolute Gasteiger partial charge is 0.262 e. The number of nitrogens with one attached hydrogen (secondary N) is 3. The number of halogens is 1. The highest BCUT2D eigenvalue weighted by atomic mass is 19.1. The Bertz CT molecular complexity index is 940. The van der Waals surface area contributed by atoms with E-state index in [1.54, 1.807) is 7.05 Å². The number of rotatable bonds is 3. The summed E-state index contributed by atoms with van der Waals surface area (Å²) < 4.78 is 13.6. The van der Waals surface area contributed by atoms with Gasteiger partial charge in [-0.1, -0.05) is 0 Å². The van der Waals surface area contributed by atoms with Crippen LogP contribution in [0.2, 0.25) is 0 Å². The SMILES string of the molecule is CNc1cc(F)cc2cc(C(=O)Nc3ccncn3)c(=O)[nH]c12. The maximum Gasteiger partial charge on any atom is 0.262 e. The molecule has 23 heavy (non-hydrogen) atoms. The molecule has 0 aliphatic heterocycles. The third-order valence-corrected chi connectivity index (χ3v) is 3.25. The predicted molar refractivity (Wildman–Crippen MR) is 84.1 cm³/mol. The van der Waals surface area contributed by atoms with Crippen LogP contribution in [-0.2, 0) is 0 Å². The molecule has 0 fully saturated rings. The van der Waals surface area contributed by atoms with E-state index in [0.29, 0.717) is 16.6 Å². The molecule has 0 aliphatic carbocycles. The van der Waals surface area contributed by atoms with Gasteiger partial charge < -0.3 is 15.6 Å². The molecular formula is C15H12FN5O2. The molecule has 2 heterocycles. The van der Waals surface area contributed by atoms with Crippen LogP contribution in [0.4, 0.5) is 15.9 Å². The van der Waals surface area contributed by atoms with Crippen LogP contribution in [0.25, 0.3) is 10.9 Å². The highest BCUT2D eigenvalue weighted by molar-refractivity contribution is 6.06. The van der Waals surface area contributed by atoms with Gasteiger partial charge in [-0.05, 0) is 24.3 Å². The molecular weight excluding hydrogens is 301 g/mol. The summed E-state index contributed by atoms with van der Waals surface area (Å²) in [5, 5.41) is 5.69. The predicted octanol–water partition coefficient (Wildman–Crippen LogP) is 1.75. The number of amides is 1. The average molecular weight is 313 g/mol. The van der Waals surface area contributed by atoms with Crippen molar-refractivity contribution in [2.75, 3.05) is 17.7 Å². The van der Waals surface area contributed by atoms with Gasteiger partial charge >= 0.3 is 0 Å². The molecule has 116 valence electrons. The zero-order valence-electron chi connectivity index (χ0n) is 12.1. The van der Waals surface area contributed by atoms with Crippen molar-refractivity contribution in [1.29, 1.82) is 0 Å². The van der Waals surface area contributed by atoms with Gasteiger partial charge in [-0.2, -0.15) is 0 Å². The quantitative estimate of drug-likeness (QED) is 0.684. The fourth-order valence-corrected chi connectivity index (χ4v) is 2.20. The molecule has 8 heteroatoms. The third kappa shape index (κ3) is 2.86. The molecule has 0 radical (unpaired) electrons. The van der Waals surface area contributed by atoms with Crippen LogP contribution in [0, 0.1) is 5.82 Å². The van der Waals surface area contributed by atoms with Gasteiger partial charge in [0.25, 0.3) is 11.5 Å². The number of nitrogens with zero attached hydrogens (tertiary/aromatic N) is 2. The number of carbonyl (C=O) groups excluding carboxylic acids is 1. The number of benzene rings is 1. The summed E-state index contributed by atoms with van der Waals surface area (Å²) in [6, 6.07) is 5.34. The van der Waals surface area contributed by atoms with Crippen molar-refractivity contribution in [2.24, 2.45) is 0 Å². The molecule has 2 aromatic heterocycles. The third-order valence-electron chi connectivity index (χ3n) is 3.25.